The number of amides is 2. The summed E-state index contributed by atoms with van der Waals surface area (Å²) in [4.78, 5) is 13.9. The Hall–Kier alpha value is -1.73. The number of benzene rings is 1. The van der Waals surface area contributed by atoms with Gasteiger partial charge in [0.2, 0.25) is 0 Å². The molecule has 0 atom stereocenters. The molecule has 0 saturated carbocycles. The van der Waals surface area contributed by atoms with E-state index in [0.29, 0.717) is 36.6 Å². The Balaban J connectivity index is 1.96. The van der Waals surface area contributed by atoms with Crippen molar-refractivity contribution in [2.45, 2.75) is 26.7 Å². The lowest BCUT2D eigenvalue weighted by Gasteiger charge is -2.34. The lowest BCUT2D eigenvalue weighted by atomic mass is 9.82. The second kappa shape index (κ2) is 5.72. The average Bonchev–Trinajstić information content (AvgIpc) is 2.43. The molecule has 2 amide bonds. The third kappa shape index (κ3) is 3.23. The molecule has 1 fully saturated rings. The minimum absolute atomic E-state index is 0.134. The molecule has 0 radical (unpaired) electrons. The predicted molar refractivity (Wildman–Crippen MR) is 79.7 cm³/mol. The number of rotatable bonds is 1. The van der Waals surface area contributed by atoms with Crippen LogP contribution in [0.5, 0.6) is 0 Å². The largest absolute Gasteiger partial charge is 0.324 e. The van der Waals surface area contributed by atoms with Crippen LogP contribution in [0.4, 0.5) is 10.5 Å². The van der Waals surface area contributed by atoms with E-state index >= 15 is 0 Å². The molecule has 1 aliphatic heterocycles. The molecule has 0 unspecified atom stereocenters. The molecule has 0 aliphatic carbocycles. The van der Waals surface area contributed by atoms with Crippen molar-refractivity contribution < 1.29 is 4.79 Å². The van der Waals surface area contributed by atoms with Crippen LogP contribution in [0.1, 0.15) is 25.3 Å². The lowest BCUT2D eigenvalue weighted by Crippen LogP contribution is -2.43. The summed E-state index contributed by atoms with van der Waals surface area (Å²) >= 11 is 6.04. The number of urea groups is 1. The van der Waals surface area contributed by atoms with Gasteiger partial charge < -0.3 is 10.2 Å². The SMILES string of the molecule is Cc1ccc(NC(=O)N2CCC(C)(C#N)CC2)cc1Cl. The lowest BCUT2D eigenvalue weighted by molar-refractivity contribution is 0.166. The number of nitriles is 1. The minimum atomic E-state index is -0.302. The van der Waals surface area contributed by atoms with Gasteiger partial charge in [-0.2, -0.15) is 5.26 Å². The zero-order valence-corrected chi connectivity index (χ0v) is 12.5. The number of carbonyl (C=O) groups excluding carboxylic acids is 1. The Morgan fingerprint density at radius 3 is 2.65 bits per heavy atom. The first kappa shape index (κ1) is 14.7. The van der Waals surface area contributed by atoms with Crippen molar-refractivity contribution in [3.05, 3.63) is 28.8 Å². The Morgan fingerprint density at radius 1 is 1.45 bits per heavy atom. The summed E-state index contributed by atoms with van der Waals surface area (Å²) in [5.74, 6) is 0. The van der Waals surface area contributed by atoms with E-state index in [1.807, 2.05) is 26.0 Å². The van der Waals surface area contributed by atoms with E-state index < -0.39 is 0 Å². The molecule has 0 aromatic heterocycles. The van der Waals surface area contributed by atoms with E-state index in [-0.39, 0.29) is 11.4 Å². The maximum Gasteiger partial charge on any atom is 0.321 e. The van der Waals surface area contributed by atoms with Gasteiger partial charge in [-0.05, 0) is 44.4 Å². The van der Waals surface area contributed by atoms with Crippen molar-refractivity contribution in [3.8, 4) is 6.07 Å². The third-order valence-corrected chi connectivity index (χ3v) is 4.25. The molecule has 1 N–H and O–H groups in total. The minimum Gasteiger partial charge on any atom is -0.324 e. The molecular formula is C15H18ClN3O. The molecule has 0 spiro atoms. The summed E-state index contributed by atoms with van der Waals surface area (Å²) in [5.41, 5.74) is 1.37. The van der Waals surface area contributed by atoms with Gasteiger partial charge in [-0.1, -0.05) is 17.7 Å². The first-order valence-electron chi connectivity index (χ1n) is 6.67. The van der Waals surface area contributed by atoms with Crippen LogP contribution in [0.15, 0.2) is 18.2 Å². The number of likely N-dealkylation sites (tertiary alicyclic amines) is 1. The maximum atomic E-state index is 12.2. The maximum absolute atomic E-state index is 12.2. The number of halogens is 1. The van der Waals surface area contributed by atoms with Crippen LogP contribution in [0.2, 0.25) is 5.02 Å². The van der Waals surface area contributed by atoms with Crippen LogP contribution < -0.4 is 5.32 Å². The fourth-order valence-electron chi connectivity index (χ4n) is 2.19. The van der Waals surface area contributed by atoms with Crippen molar-refractivity contribution in [2.24, 2.45) is 5.41 Å². The van der Waals surface area contributed by atoms with Crippen molar-refractivity contribution >= 4 is 23.3 Å². The number of carbonyl (C=O) groups is 1. The van der Waals surface area contributed by atoms with Crippen molar-refractivity contribution in [1.29, 1.82) is 5.26 Å². The first-order valence-corrected chi connectivity index (χ1v) is 7.05. The van der Waals surface area contributed by atoms with E-state index in [9.17, 15) is 4.79 Å². The zero-order chi connectivity index (χ0) is 14.8. The molecule has 20 heavy (non-hydrogen) atoms. The highest BCUT2D eigenvalue weighted by Gasteiger charge is 2.31. The highest BCUT2D eigenvalue weighted by Crippen LogP contribution is 2.30. The van der Waals surface area contributed by atoms with E-state index in [4.69, 9.17) is 16.9 Å². The number of hydrogen-bond donors (Lipinski definition) is 1. The highest BCUT2D eigenvalue weighted by molar-refractivity contribution is 6.31. The quantitative estimate of drug-likeness (QED) is 0.855. The zero-order valence-electron chi connectivity index (χ0n) is 11.7. The van der Waals surface area contributed by atoms with Gasteiger partial charge >= 0.3 is 6.03 Å². The van der Waals surface area contributed by atoms with Gasteiger partial charge in [-0.3, -0.25) is 0 Å². The van der Waals surface area contributed by atoms with Crippen molar-refractivity contribution in [2.75, 3.05) is 18.4 Å². The van der Waals surface area contributed by atoms with Gasteiger partial charge in [0.05, 0.1) is 11.5 Å². The highest BCUT2D eigenvalue weighted by atomic mass is 35.5. The number of aryl methyl sites for hydroxylation is 1. The van der Waals surface area contributed by atoms with Gasteiger partial charge in [-0.15, -0.1) is 0 Å². The molecule has 1 heterocycles. The predicted octanol–water partition coefficient (Wildman–Crippen LogP) is 3.81. The Kier molecular flexibility index (Phi) is 4.20. The summed E-state index contributed by atoms with van der Waals surface area (Å²) in [6, 6.07) is 7.65. The monoisotopic (exact) mass is 291 g/mol. The normalized spacial score (nSPS) is 17.4. The van der Waals surface area contributed by atoms with Gasteiger partial charge in [0, 0.05) is 23.8 Å². The van der Waals surface area contributed by atoms with E-state index in [0.717, 1.165) is 5.56 Å². The second-order valence-corrected chi connectivity index (χ2v) is 5.96. The molecule has 2 rings (SSSR count). The topological polar surface area (TPSA) is 56.1 Å². The van der Waals surface area contributed by atoms with Gasteiger partial charge in [0.15, 0.2) is 0 Å². The van der Waals surface area contributed by atoms with Crippen molar-refractivity contribution in [3.63, 3.8) is 0 Å². The Bertz CT molecular complexity index is 557. The van der Waals surface area contributed by atoms with Gasteiger partial charge in [0.1, 0.15) is 0 Å². The van der Waals surface area contributed by atoms with Crippen LogP contribution in [0.3, 0.4) is 0 Å². The number of nitrogens with one attached hydrogen (secondary N) is 1. The Morgan fingerprint density at radius 2 is 2.10 bits per heavy atom. The fraction of sp³-hybridized carbons (Fsp3) is 0.467. The molecule has 4 nitrogen and oxygen atoms in total. The molecule has 106 valence electrons. The van der Waals surface area contributed by atoms with Crippen LogP contribution >= 0.6 is 11.6 Å². The van der Waals surface area contributed by atoms with Crippen LogP contribution in [0, 0.1) is 23.7 Å². The van der Waals surface area contributed by atoms with E-state index in [1.54, 1.807) is 11.0 Å². The summed E-state index contributed by atoms with van der Waals surface area (Å²) in [6.07, 6.45) is 1.43. The molecule has 1 aromatic carbocycles. The average molecular weight is 292 g/mol. The van der Waals surface area contributed by atoms with Crippen LogP contribution in [-0.2, 0) is 0 Å². The summed E-state index contributed by atoms with van der Waals surface area (Å²) in [7, 11) is 0. The Labute approximate surface area is 124 Å². The fourth-order valence-corrected chi connectivity index (χ4v) is 2.37. The summed E-state index contributed by atoms with van der Waals surface area (Å²) in [6.45, 7) is 5.08. The number of hydrogen-bond acceptors (Lipinski definition) is 2. The van der Waals surface area contributed by atoms with E-state index in [2.05, 4.69) is 11.4 Å². The van der Waals surface area contributed by atoms with Crippen LogP contribution in [0.25, 0.3) is 0 Å². The molecule has 1 saturated heterocycles. The number of piperidine rings is 1. The van der Waals surface area contributed by atoms with Gasteiger partial charge in [-0.25, -0.2) is 4.79 Å². The smallest absolute Gasteiger partial charge is 0.321 e. The number of anilines is 1. The van der Waals surface area contributed by atoms with Crippen LogP contribution in [-0.4, -0.2) is 24.0 Å². The summed E-state index contributed by atoms with van der Waals surface area (Å²) in [5, 5.41) is 12.6. The number of nitrogens with zero attached hydrogens (tertiary/aromatic N) is 2. The van der Waals surface area contributed by atoms with Gasteiger partial charge in [0.25, 0.3) is 0 Å². The standard InChI is InChI=1S/C15H18ClN3O/c1-11-3-4-12(9-13(11)16)18-14(20)19-7-5-15(2,10-17)6-8-19/h3-4,9H,5-8H2,1-2H3,(H,18,20). The van der Waals surface area contributed by atoms with Crippen molar-refractivity contribution in [1.82, 2.24) is 4.90 Å². The third-order valence-electron chi connectivity index (χ3n) is 3.85. The molecular weight excluding hydrogens is 274 g/mol. The van der Waals surface area contributed by atoms with E-state index in [1.165, 1.54) is 0 Å². The molecule has 5 heteroatoms. The molecule has 1 aromatic rings. The second-order valence-electron chi connectivity index (χ2n) is 5.55. The molecule has 1 aliphatic rings. The first-order chi connectivity index (χ1) is 9.43. The summed E-state index contributed by atoms with van der Waals surface area (Å²) < 4.78 is 0. The molecule has 0 bridgehead atoms.